The minimum atomic E-state index is -0.922. The van der Waals surface area contributed by atoms with Gasteiger partial charge in [0.1, 0.15) is 5.75 Å². The van der Waals surface area contributed by atoms with Crippen molar-refractivity contribution in [3.8, 4) is 5.75 Å². The van der Waals surface area contributed by atoms with Crippen LogP contribution in [0, 0.1) is 5.41 Å². The standard InChI is InChI=1S/C15H20O3/c1-5-18-12-8-6-11(7-9-12)13(10-14(16)17)15(2,3)4/h6-10H,5H2,1-4H3,(H,16,17)/b13-10-. The van der Waals surface area contributed by atoms with Crippen molar-refractivity contribution >= 4 is 11.5 Å². The van der Waals surface area contributed by atoms with E-state index in [-0.39, 0.29) is 5.41 Å². The summed E-state index contributed by atoms with van der Waals surface area (Å²) < 4.78 is 5.37. The van der Waals surface area contributed by atoms with Crippen LogP contribution in [0.15, 0.2) is 30.3 Å². The van der Waals surface area contributed by atoms with Gasteiger partial charge < -0.3 is 9.84 Å². The van der Waals surface area contributed by atoms with Crippen LogP contribution in [0.3, 0.4) is 0 Å². The van der Waals surface area contributed by atoms with Crippen LogP contribution in [0.1, 0.15) is 33.3 Å². The summed E-state index contributed by atoms with van der Waals surface area (Å²) in [7, 11) is 0. The zero-order valence-electron chi connectivity index (χ0n) is 11.4. The lowest BCUT2D eigenvalue weighted by molar-refractivity contribution is -0.131. The summed E-state index contributed by atoms with van der Waals surface area (Å²) in [6, 6.07) is 7.51. The first-order valence-corrected chi connectivity index (χ1v) is 6.03. The molecule has 0 spiro atoms. The van der Waals surface area contributed by atoms with Gasteiger partial charge in [0.05, 0.1) is 6.61 Å². The third-order valence-corrected chi connectivity index (χ3v) is 2.55. The number of aliphatic carboxylic acids is 1. The molecule has 98 valence electrons. The van der Waals surface area contributed by atoms with Crippen LogP contribution in [-0.2, 0) is 4.79 Å². The number of rotatable bonds is 4. The predicted molar refractivity (Wildman–Crippen MR) is 72.7 cm³/mol. The normalized spacial score (nSPS) is 12.3. The van der Waals surface area contributed by atoms with E-state index in [1.807, 2.05) is 52.0 Å². The lowest BCUT2D eigenvalue weighted by Gasteiger charge is -2.23. The maximum absolute atomic E-state index is 10.9. The molecule has 18 heavy (non-hydrogen) atoms. The second-order valence-corrected chi connectivity index (χ2v) is 5.10. The van der Waals surface area contributed by atoms with Crippen molar-refractivity contribution in [2.75, 3.05) is 6.61 Å². The molecule has 0 fully saturated rings. The van der Waals surface area contributed by atoms with Crippen LogP contribution in [0.4, 0.5) is 0 Å². The Balaban J connectivity index is 3.11. The Hall–Kier alpha value is -1.77. The molecule has 1 rings (SSSR count). The minimum Gasteiger partial charge on any atom is -0.494 e. The topological polar surface area (TPSA) is 46.5 Å². The first kappa shape index (κ1) is 14.3. The van der Waals surface area contributed by atoms with E-state index in [2.05, 4.69) is 0 Å². The fourth-order valence-corrected chi connectivity index (χ4v) is 1.75. The molecule has 0 radical (unpaired) electrons. The second-order valence-electron chi connectivity index (χ2n) is 5.10. The highest BCUT2D eigenvalue weighted by atomic mass is 16.5. The van der Waals surface area contributed by atoms with Crippen LogP contribution < -0.4 is 4.74 Å². The van der Waals surface area contributed by atoms with Crippen LogP contribution >= 0.6 is 0 Å². The third kappa shape index (κ3) is 3.91. The van der Waals surface area contributed by atoms with E-state index in [1.54, 1.807) is 0 Å². The highest BCUT2D eigenvalue weighted by Crippen LogP contribution is 2.34. The van der Waals surface area contributed by atoms with Gasteiger partial charge in [0, 0.05) is 6.08 Å². The number of hydrogen-bond acceptors (Lipinski definition) is 2. The lowest BCUT2D eigenvalue weighted by Crippen LogP contribution is -2.10. The summed E-state index contributed by atoms with van der Waals surface area (Å²) >= 11 is 0. The molecule has 3 nitrogen and oxygen atoms in total. The molecule has 0 amide bonds. The maximum atomic E-state index is 10.9. The highest BCUT2D eigenvalue weighted by Gasteiger charge is 2.19. The Morgan fingerprint density at radius 2 is 1.83 bits per heavy atom. The largest absolute Gasteiger partial charge is 0.494 e. The number of benzene rings is 1. The number of allylic oxidation sites excluding steroid dienone is 1. The van der Waals surface area contributed by atoms with Crippen molar-refractivity contribution in [1.82, 2.24) is 0 Å². The van der Waals surface area contributed by atoms with E-state index in [0.29, 0.717) is 6.61 Å². The molecule has 0 aliphatic rings. The Morgan fingerprint density at radius 3 is 2.22 bits per heavy atom. The van der Waals surface area contributed by atoms with Crippen LogP contribution in [0.5, 0.6) is 5.75 Å². The van der Waals surface area contributed by atoms with E-state index < -0.39 is 5.97 Å². The van der Waals surface area contributed by atoms with Gasteiger partial charge in [0.15, 0.2) is 0 Å². The summed E-state index contributed by atoms with van der Waals surface area (Å²) in [6.45, 7) is 8.55. The summed E-state index contributed by atoms with van der Waals surface area (Å²) in [6.07, 6.45) is 1.27. The average molecular weight is 248 g/mol. The SMILES string of the molecule is CCOc1ccc(/C(=C/C(=O)O)C(C)(C)C)cc1. The summed E-state index contributed by atoms with van der Waals surface area (Å²) in [5, 5.41) is 8.95. The monoisotopic (exact) mass is 248 g/mol. The fraction of sp³-hybridized carbons (Fsp3) is 0.400. The molecule has 1 aromatic rings. The van der Waals surface area contributed by atoms with Crippen molar-refractivity contribution in [2.45, 2.75) is 27.7 Å². The molecule has 0 aliphatic heterocycles. The predicted octanol–water partition coefficient (Wildman–Crippen LogP) is 3.60. The van der Waals surface area contributed by atoms with Crippen molar-refractivity contribution < 1.29 is 14.6 Å². The van der Waals surface area contributed by atoms with Crippen LogP contribution in [0.2, 0.25) is 0 Å². The van der Waals surface area contributed by atoms with Gasteiger partial charge in [-0.3, -0.25) is 0 Å². The van der Waals surface area contributed by atoms with E-state index in [9.17, 15) is 4.79 Å². The smallest absolute Gasteiger partial charge is 0.328 e. The van der Waals surface area contributed by atoms with Gasteiger partial charge in [-0.2, -0.15) is 0 Å². The van der Waals surface area contributed by atoms with E-state index in [0.717, 1.165) is 16.9 Å². The second kappa shape index (κ2) is 5.71. The number of carboxylic acid groups (broad SMARTS) is 1. The molecule has 0 saturated carbocycles. The summed E-state index contributed by atoms with van der Waals surface area (Å²) in [5.74, 6) is -0.126. The summed E-state index contributed by atoms with van der Waals surface area (Å²) in [5.41, 5.74) is 1.50. The minimum absolute atomic E-state index is 0.217. The van der Waals surface area contributed by atoms with Crippen molar-refractivity contribution in [2.24, 2.45) is 5.41 Å². The van der Waals surface area contributed by atoms with Crippen LogP contribution in [0.25, 0.3) is 5.57 Å². The average Bonchev–Trinajstić information content (AvgIpc) is 2.26. The quantitative estimate of drug-likeness (QED) is 0.828. The van der Waals surface area contributed by atoms with Crippen molar-refractivity contribution in [1.29, 1.82) is 0 Å². The molecular weight excluding hydrogens is 228 g/mol. The number of hydrogen-bond donors (Lipinski definition) is 1. The molecule has 0 saturated heterocycles. The molecule has 0 heterocycles. The Labute approximate surface area is 108 Å². The fourth-order valence-electron chi connectivity index (χ4n) is 1.75. The summed E-state index contributed by atoms with van der Waals surface area (Å²) in [4.78, 5) is 10.9. The first-order valence-electron chi connectivity index (χ1n) is 6.03. The highest BCUT2D eigenvalue weighted by molar-refractivity contribution is 5.91. The van der Waals surface area contributed by atoms with Crippen molar-refractivity contribution in [3.63, 3.8) is 0 Å². The third-order valence-electron chi connectivity index (χ3n) is 2.55. The van der Waals surface area contributed by atoms with E-state index >= 15 is 0 Å². The van der Waals surface area contributed by atoms with Gasteiger partial charge in [0.25, 0.3) is 0 Å². The van der Waals surface area contributed by atoms with Crippen molar-refractivity contribution in [3.05, 3.63) is 35.9 Å². The Bertz CT molecular complexity index is 436. The lowest BCUT2D eigenvalue weighted by atomic mass is 9.82. The maximum Gasteiger partial charge on any atom is 0.328 e. The first-order chi connectivity index (χ1) is 8.34. The van der Waals surface area contributed by atoms with Gasteiger partial charge in [-0.15, -0.1) is 0 Å². The molecule has 0 bridgehead atoms. The van der Waals surface area contributed by atoms with E-state index in [1.165, 1.54) is 6.08 Å². The molecular formula is C15H20O3. The van der Waals surface area contributed by atoms with E-state index in [4.69, 9.17) is 9.84 Å². The van der Waals surface area contributed by atoms with Crippen LogP contribution in [-0.4, -0.2) is 17.7 Å². The molecule has 0 atom stereocenters. The zero-order chi connectivity index (χ0) is 13.8. The molecule has 1 N–H and O–H groups in total. The molecule has 3 heteroatoms. The molecule has 1 aromatic carbocycles. The Morgan fingerprint density at radius 1 is 1.28 bits per heavy atom. The van der Waals surface area contributed by atoms with Gasteiger partial charge in [-0.05, 0) is 35.6 Å². The van der Waals surface area contributed by atoms with Gasteiger partial charge in [-0.1, -0.05) is 32.9 Å². The molecule has 0 aromatic heterocycles. The Kier molecular flexibility index (Phi) is 4.54. The number of carboxylic acids is 1. The van der Waals surface area contributed by atoms with Gasteiger partial charge in [0.2, 0.25) is 0 Å². The number of carbonyl (C=O) groups is 1. The van der Waals surface area contributed by atoms with Gasteiger partial charge >= 0.3 is 5.97 Å². The number of ether oxygens (including phenoxy) is 1. The molecule has 0 aliphatic carbocycles. The van der Waals surface area contributed by atoms with Gasteiger partial charge in [-0.25, -0.2) is 4.79 Å². The molecule has 0 unspecified atom stereocenters. The zero-order valence-corrected chi connectivity index (χ0v) is 11.4.